The van der Waals surface area contributed by atoms with Gasteiger partial charge in [0.15, 0.2) is 0 Å². The van der Waals surface area contributed by atoms with Crippen LogP contribution in [0.3, 0.4) is 0 Å². The Balaban J connectivity index is 1.51. The predicted octanol–water partition coefficient (Wildman–Crippen LogP) is 6.40. The third-order valence-electron chi connectivity index (χ3n) is 6.57. The first kappa shape index (κ1) is 20.4. The monoisotopic (exact) mass is 429 g/mol. The zero-order valence-electron chi connectivity index (χ0n) is 18.3. The molecular formula is C26H27N3O3. The van der Waals surface area contributed by atoms with Crippen LogP contribution in [0.1, 0.15) is 57.1 Å². The van der Waals surface area contributed by atoms with Crippen LogP contribution in [0.5, 0.6) is 5.75 Å². The molecule has 0 atom stereocenters. The van der Waals surface area contributed by atoms with E-state index in [4.69, 9.17) is 9.47 Å². The zero-order valence-corrected chi connectivity index (χ0v) is 18.3. The van der Waals surface area contributed by atoms with Gasteiger partial charge in [0, 0.05) is 17.1 Å². The molecule has 6 nitrogen and oxygen atoms in total. The second-order valence-corrected chi connectivity index (χ2v) is 8.56. The van der Waals surface area contributed by atoms with E-state index in [1.165, 1.54) is 6.42 Å². The minimum atomic E-state index is -0.410. The molecular weight excluding hydrogens is 402 g/mol. The largest absolute Gasteiger partial charge is 0.494 e. The van der Waals surface area contributed by atoms with Gasteiger partial charge in [-0.1, -0.05) is 12.1 Å². The minimum Gasteiger partial charge on any atom is -0.494 e. The summed E-state index contributed by atoms with van der Waals surface area (Å²) in [5.41, 5.74) is 4.31. The normalized spacial score (nSPS) is 16.1. The van der Waals surface area contributed by atoms with E-state index in [9.17, 15) is 10.1 Å². The SMILES string of the molecule is CCOc1ccc2c(c1)c(C#N)c(-c1ccc(NC(=O)OC3CCC3)cc1)n2C1CCC1. The number of ether oxygens (including phenoxy) is 2. The summed E-state index contributed by atoms with van der Waals surface area (Å²) >= 11 is 0. The van der Waals surface area contributed by atoms with Crippen LogP contribution < -0.4 is 10.1 Å². The third-order valence-corrected chi connectivity index (χ3v) is 6.57. The van der Waals surface area contributed by atoms with Crippen LogP contribution in [0.4, 0.5) is 10.5 Å². The highest BCUT2D eigenvalue weighted by Gasteiger charge is 2.28. The van der Waals surface area contributed by atoms with Gasteiger partial charge in [-0.2, -0.15) is 5.26 Å². The molecule has 0 bridgehead atoms. The maximum absolute atomic E-state index is 12.1. The number of hydrogen-bond acceptors (Lipinski definition) is 4. The lowest BCUT2D eigenvalue weighted by Gasteiger charge is -2.30. The van der Waals surface area contributed by atoms with Gasteiger partial charge in [0.1, 0.15) is 17.9 Å². The number of hydrogen-bond donors (Lipinski definition) is 1. The highest BCUT2D eigenvalue weighted by Crippen LogP contribution is 2.43. The van der Waals surface area contributed by atoms with Gasteiger partial charge < -0.3 is 14.0 Å². The smallest absolute Gasteiger partial charge is 0.411 e. The van der Waals surface area contributed by atoms with Crippen molar-refractivity contribution in [3.05, 3.63) is 48.0 Å². The number of nitrogens with zero attached hydrogens (tertiary/aromatic N) is 2. The summed E-state index contributed by atoms with van der Waals surface area (Å²) in [6.07, 6.45) is 6.08. The van der Waals surface area contributed by atoms with Crippen LogP contribution in [0.25, 0.3) is 22.2 Å². The van der Waals surface area contributed by atoms with E-state index in [0.717, 1.165) is 60.0 Å². The lowest BCUT2D eigenvalue weighted by atomic mass is 9.92. The van der Waals surface area contributed by atoms with Gasteiger partial charge in [-0.25, -0.2) is 4.79 Å². The van der Waals surface area contributed by atoms with E-state index in [2.05, 4.69) is 22.0 Å². The van der Waals surface area contributed by atoms with Crippen LogP contribution >= 0.6 is 0 Å². The standard InChI is InChI=1S/C26H27N3O3/c1-2-31-21-13-14-24-22(15-21)23(16-27)25(29(24)19-5-3-6-19)17-9-11-18(12-10-17)28-26(30)32-20-7-4-8-20/h9-15,19-20H,2-8H2,1H3,(H,28,30). The quantitative estimate of drug-likeness (QED) is 0.491. The number of nitriles is 1. The van der Waals surface area contributed by atoms with Crippen LogP contribution in [0.2, 0.25) is 0 Å². The Labute approximate surface area is 187 Å². The van der Waals surface area contributed by atoms with Crippen molar-refractivity contribution < 1.29 is 14.3 Å². The molecule has 0 spiro atoms. The number of carbonyl (C=O) groups excluding carboxylic acids is 1. The molecule has 1 heterocycles. The van der Waals surface area contributed by atoms with E-state index >= 15 is 0 Å². The molecule has 6 heteroatoms. The molecule has 2 aliphatic rings. The van der Waals surface area contributed by atoms with Crippen LogP contribution in [0, 0.1) is 11.3 Å². The summed E-state index contributed by atoms with van der Waals surface area (Å²) in [6, 6.07) is 16.5. The van der Waals surface area contributed by atoms with E-state index in [1.807, 2.05) is 43.3 Å². The first-order valence-corrected chi connectivity index (χ1v) is 11.5. The highest BCUT2D eigenvalue weighted by molar-refractivity contribution is 5.96. The van der Waals surface area contributed by atoms with Crippen molar-refractivity contribution in [2.24, 2.45) is 0 Å². The first-order valence-electron chi connectivity index (χ1n) is 11.5. The third kappa shape index (κ3) is 3.69. The fourth-order valence-corrected chi connectivity index (χ4v) is 4.47. The van der Waals surface area contributed by atoms with Gasteiger partial charge in [0.2, 0.25) is 0 Å². The summed E-state index contributed by atoms with van der Waals surface area (Å²) in [5, 5.41) is 13.8. The molecule has 2 aliphatic carbocycles. The molecule has 0 aliphatic heterocycles. The van der Waals surface area contributed by atoms with Crippen molar-refractivity contribution >= 4 is 22.7 Å². The summed E-state index contributed by atoms with van der Waals surface area (Å²) < 4.78 is 13.4. The van der Waals surface area contributed by atoms with Crippen LogP contribution in [-0.4, -0.2) is 23.4 Å². The molecule has 2 aromatic carbocycles. The highest BCUT2D eigenvalue weighted by atomic mass is 16.6. The summed E-state index contributed by atoms with van der Waals surface area (Å²) in [4.78, 5) is 12.1. The maximum Gasteiger partial charge on any atom is 0.411 e. The average molecular weight is 430 g/mol. The van der Waals surface area contributed by atoms with Crippen LogP contribution in [0.15, 0.2) is 42.5 Å². The number of benzene rings is 2. The van der Waals surface area contributed by atoms with Gasteiger partial charge in [-0.15, -0.1) is 0 Å². The molecule has 32 heavy (non-hydrogen) atoms. The van der Waals surface area contributed by atoms with Crippen molar-refractivity contribution in [3.63, 3.8) is 0 Å². The predicted molar refractivity (Wildman–Crippen MR) is 124 cm³/mol. The molecule has 5 rings (SSSR count). The number of rotatable bonds is 6. The van der Waals surface area contributed by atoms with Gasteiger partial charge in [-0.3, -0.25) is 5.32 Å². The Kier molecular flexibility index (Phi) is 5.48. The molecule has 2 saturated carbocycles. The lowest BCUT2D eigenvalue weighted by molar-refractivity contribution is 0.0624. The number of amides is 1. The second-order valence-electron chi connectivity index (χ2n) is 8.56. The van der Waals surface area contributed by atoms with Gasteiger partial charge in [0.25, 0.3) is 0 Å². The van der Waals surface area contributed by atoms with E-state index < -0.39 is 6.09 Å². The van der Waals surface area contributed by atoms with Crippen molar-refractivity contribution in [1.29, 1.82) is 5.26 Å². The molecule has 164 valence electrons. The van der Waals surface area contributed by atoms with Crippen molar-refractivity contribution in [1.82, 2.24) is 4.57 Å². The fourth-order valence-electron chi connectivity index (χ4n) is 4.47. The van der Waals surface area contributed by atoms with Crippen LogP contribution in [-0.2, 0) is 4.74 Å². The van der Waals surface area contributed by atoms with Crippen molar-refractivity contribution in [2.75, 3.05) is 11.9 Å². The summed E-state index contributed by atoms with van der Waals surface area (Å²) in [5.74, 6) is 0.776. The number of anilines is 1. The molecule has 0 radical (unpaired) electrons. The maximum atomic E-state index is 12.1. The molecule has 0 saturated heterocycles. The number of fused-ring (bicyclic) bond motifs is 1. The van der Waals surface area contributed by atoms with Gasteiger partial charge >= 0.3 is 6.09 Å². The van der Waals surface area contributed by atoms with E-state index in [0.29, 0.717) is 23.9 Å². The average Bonchev–Trinajstić information content (AvgIpc) is 3.04. The second kappa shape index (κ2) is 8.58. The molecule has 0 unspecified atom stereocenters. The molecule has 3 aromatic rings. The molecule has 1 amide bonds. The van der Waals surface area contributed by atoms with E-state index in [1.54, 1.807) is 0 Å². The summed E-state index contributed by atoms with van der Waals surface area (Å²) in [6.45, 7) is 2.54. The number of carbonyl (C=O) groups is 1. The topological polar surface area (TPSA) is 76.3 Å². The summed E-state index contributed by atoms with van der Waals surface area (Å²) in [7, 11) is 0. The Morgan fingerprint density at radius 3 is 2.47 bits per heavy atom. The van der Waals surface area contributed by atoms with Gasteiger partial charge in [0.05, 0.1) is 23.4 Å². The molecule has 1 N–H and O–H groups in total. The Bertz CT molecular complexity index is 1180. The Hall–Kier alpha value is -3.46. The van der Waals surface area contributed by atoms with Crippen molar-refractivity contribution in [2.45, 2.75) is 57.6 Å². The zero-order chi connectivity index (χ0) is 22.1. The fraction of sp³-hybridized carbons (Fsp3) is 0.385. The molecule has 2 fully saturated rings. The lowest BCUT2D eigenvalue weighted by Crippen LogP contribution is -2.27. The Morgan fingerprint density at radius 1 is 1.12 bits per heavy atom. The van der Waals surface area contributed by atoms with E-state index in [-0.39, 0.29) is 6.10 Å². The first-order chi connectivity index (χ1) is 15.7. The molecule has 1 aromatic heterocycles. The Morgan fingerprint density at radius 2 is 1.88 bits per heavy atom. The van der Waals surface area contributed by atoms with Crippen molar-refractivity contribution in [3.8, 4) is 23.1 Å². The number of aromatic nitrogens is 1. The minimum absolute atomic E-state index is 0.0484. The number of nitrogens with one attached hydrogen (secondary N) is 1. The van der Waals surface area contributed by atoms with Gasteiger partial charge in [-0.05, 0) is 81.3 Å².